The Bertz CT molecular complexity index is 399. The zero-order valence-electron chi connectivity index (χ0n) is 11.7. The van der Waals surface area contributed by atoms with Crippen LogP contribution in [0.1, 0.15) is 33.3 Å². The molecule has 100 valence electrons. The molecule has 1 aliphatic heterocycles. The molecule has 1 saturated heterocycles. The standard InChI is InChI=1S/C15H23NO2/c1-11(2)18-13-7-5-12(6-8-13)15(9-17-10-15)14(3,4)16/h5-8,11H,9-10,16H2,1-4H3. The Morgan fingerprint density at radius 3 is 2.11 bits per heavy atom. The number of benzene rings is 1. The number of hydrogen-bond acceptors (Lipinski definition) is 3. The Morgan fingerprint density at radius 1 is 1.22 bits per heavy atom. The van der Waals surface area contributed by atoms with Gasteiger partial charge in [-0.25, -0.2) is 0 Å². The van der Waals surface area contributed by atoms with Gasteiger partial charge < -0.3 is 15.2 Å². The van der Waals surface area contributed by atoms with E-state index >= 15 is 0 Å². The van der Waals surface area contributed by atoms with Crippen molar-refractivity contribution >= 4 is 0 Å². The smallest absolute Gasteiger partial charge is 0.119 e. The fraction of sp³-hybridized carbons (Fsp3) is 0.600. The van der Waals surface area contributed by atoms with Crippen LogP contribution in [-0.4, -0.2) is 24.9 Å². The van der Waals surface area contributed by atoms with E-state index in [0.29, 0.717) is 13.2 Å². The van der Waals surface area contributed by atoms with Crippen LogP contribution < -0.4 is 10.5 Å². The molecule has 3 nitrogen and oxygen atoms in total. The monoisotopic (exact) mass is 249 g/mol. The van der Waals surface area contributed by atoms with Crippen LogP contribution in [0.5, 0.6) is 5.75 Å². The predicted octanol–water partition coefficient (Wildman–Crippen LogP) is 2.48. The number of nitrogens with two attached hydrogens (primary N) is 1. The van der Waals surface area contributed by atoms with Crippen LogP contribution in [0.4, 0.5) is 0 Å². The lowest BCUT2D eigenvalue weighted by atomic mass is 9.66. The number of ether oxygens (including phenoxy) is 2. The zero-order valence-corrected chi connectivity index (χ0v) is 11.7. The molecule has 0 radical (unpaired) electrons. The van der Waals surface area contributed by atoms with E-state index in [2.05, 4.69) is 26.0 Å². The second kappa shape index (κ2) is 4.56. The van der Waals surface area contributed by atoms with Crippen LogP contribution in [0.3, 0.4) is 0 Å². The van der Waals surface area contributed by atoms with Gasteiger partial charge in [0.05, 0.1) is 24.7 Å². The average Bonchev–Trinajstić information content (AvgIpc) is 2.15. The molecule has 0 bridgehead atoms. The van der Waals surface area contributed by atoms with Crippen molar-refractivity contribution in [1.82, 2.24) is 0 Å². The van der Waals surface area contributed by atoms with Crippen molar-refractivity contribution in [3.63, 3.8) is 0 Å². The van der Waals surface area contributed by atoms with E-state index in [1.807, 2.05) is 26.0 Å². The van der Waals surface area contributed by atoms with Gasteiger partial charge in [0.2, 0.25) is 0 Å². The summed E-state index contributed by atoms with van der Waals surface area (Å²) < 4.78 is 11.1. The molecule has 0 amide bonds. The summed E-state index contributed by atoms with van der Waals surface area (Å²) in [4.78, 5) is 0. The van der Waals surface area contributed by atoms with Gasteiger partial charge in [0, 0.05) is 5.54 Å². The van der Waals surface area contributed by atoms with Gasteiger partial charge in [-0.1, -0.05) is 12.1 Å². The van der Waals surface area contributed by atoms with Gasteiger partial charge in [0.25, 0.3) is 0 Å². The number of rotatable bonds is 4. The molecule has 18 heavy (non-hydrogen) atoms. The fourth-order valence-electron chi connectivity index (χ4n) is 2.34. The van der Waals surface area contributed by atoms with Crippen molar-refractivity contribution in [2.45, 2.75) is 44.8 Å². The van der Waals surface area contributed by atoms with Gasteiger partial charge in [-0.15, -0.1) is 0 Å². The highest BCUT2D eigenvalue weighted by atomic mass is 16.5. The fourth-order valence-corrected chi connectivity index (χ4v) is 2.34. The summed E-state index contributed by atoms with van der Waals surface area (Å²) in [5.41, 5.74) is 7.20. The van der Waals surface area contributed by atoms with E-state index < -0.39 is 0 Å². The summed E-state index contributed by atoms with van der Waals surface area (Å²) in [7, 11) is 0. The Balaban J connectivity index is 2.23. The van der Waals surface area contributed by atoms with Crippen LogP contribution in [0, 0.1) is 0 Å². The first-order valence-electron chi connectivity index (χ1n) is 6.49. The predicted molar refractivity (Wildman–Crippen MR) is 73.0 cm³/mol. The third kappa shape index (κ3) is 2.25. The molecule has 0 aromatic heterocycles. The molecule has 2 rings (SSSR count). The maximum absolute atomic E-state index is 6.32. The van der Waals surface area contributed by atoms with Gasteiger partial charge in [-0.2, -0.15) is 0 Å². The minimum Gasteiger partial charge on any atom is -0.491 e. The van der Waals surface area contributed by atoms with Crippen molar-refractivity contribution < 1.29 is 9.47 Å². The van der Waals surface area contributed by atoms with Gasteiger partial charge in [0.1, 0.15) is 5.75 Å². The summed E-state index contributed by atoms with van der Waals surface area (Å²) in [5, 5.41) is 0. The van der Waals surface area contributed by atoms with E-state index in [4.69, 9.17) is 15.2 Å². The van der Waals surface area contributed by atoms with E-state index in [1.54, 1.807) is 0 Å². The Kier molecular flexibility index (Phi) is 3.39. The highest BCUT2D eigenvalue weighted by molar-refractivity contribution is 5.37. The van der Waals surface area contributed by atoms with Crippen LogP contribution in [0.15, 0.2) is 24.3 Å². The Morgan fingerprint density at radius 2 is 1.78 bits per heavy atom. The van der Waals surface area contributed by atoms with Crippen molar-refractivity contribution in [3.05, 3.63) is 29.8 Å². The van der Waals surface area contributed by atoms with Crippen molar-refractivity contribution in [2.75, 3.05) is 13.2 Å². The molecule has 0 unspecified atom stereocenters. The van der Waals surface area contributed by atoms with Crippen molar-refractivity contribution in [2.24, 2.45) is 5.73 Å². The molecule has 0 atom stereocenters. The third-order valence-electron chi connectivity index (χ3n) is 3.71. The molecule has 1 fully saturated rings. The normalized spacial score (nSPS) is 18.6. The lowest BCUT2D eigenvalue weighted by Crippen LogP contribution is -2.64. The summed E-state index contributed by atoms with van der Waals surface area (Å²) >= 11 is 0. The minimum absolute atomic E-state index is 0.0661. The molecule has 1 aromatic carbocycles. The molecule has 1 aliphatic rings. The van der Waals surface area contributed by atoms with Crippen LogP contribution >= 0.6 is 0 Å². The summed E-state index contributed by atoms with van der Waals surface area (Å²) in [6.45, 7) is 9.57. The first-order chi connectivity index (χ1) is 8.35. The molecular formula is C15H23NO2. The molecular weight excluding hydrogens is 226 g/mol. The average molecular weight is 249 g/mol. The highest BCUT2D eigenvalue weighted by Gasteiger charge is 2.50. The molecule has 1 heterocycles. The second-order valence-electron chi connectivity index (χ2n) is 5.99. The highest BCUT2D eigenvalue weighted by Crippen LogP contribution is 2.41. The lowest BCUT2D eigenvalue weighted by molar-refractivity contribution is -0.0919. The maximum atomic E-state index is 6.32. The minimum atomic E-state index is -0.286. The molecule has 1 aromatic rings. The second-order valence-corrected chi connectivity index (χ2v) is 5.99. The van der Waals surface area contributed by atoms with Crippen LogP contribution in [0.2, 0.25) is 0 Å². The first kappa shape index (κ1) is 13.4. The zero-order chi connectivity index (χ0) is 13.4. The summed E-state index contributed by atoms with van der Waals surface area (Å²) in [6.07, 6.45) is 0.197. The Labute approximate surface area is 109 Å². The van der Waals surface area contributed by atoms with E-state index in [9.17, 15) is 0 Å². The quantitative estimate of drug-likeness (QED) is 0.891. The number of hydrogen-bond donors (Lipinski definition) is 1. The van der Waals surface area contributed by atoms with Crippen molar-refractivity contribution in [3.8, 4) is 5.75 Å². The molecule has 0 saturated carbocycles. The third-order valence-corrected chi connectivity index (χ3v) is 3.71. The first-order valence-corrected chi connectivity index (χ1v) is 6.49. The summed E-state index contributed by atoms with van der Waals surface area (Å²) in [5.74, 6) is 0.902. The lowest BCUT2D eigenvalue weighted by Gasteiger charge is -2.51. The van der Waals surface area contributed by atoms with E-state index in [-0.39, 0.29) is 17.1 Å². The van der Waals surface area contributed by atoms with Gasteiger partial charge >= 0.3 is 0 Å². The topological polar surface area (TPSA) is 44.5 Å². The van der Waals surface area contributed by atoms with Gasteiger partial charge in [0.15, 0.2) is 0 Å². The summed E-state index contributed by atoms with van der Waals surface area (Å²) in [6, 6.07) is 8.24. The van der Waals surface area contributed by atoms with E-state index in [1.165, 1.54) is 5.56 Å². The van der Waals surface area contributed by atoms with E-state index in [0.717, 1.165) is 5.75 Å². The van der Waals surface area contributed by atoms with Crippen LogP contribution in [0.25, 0.3) is 0 Å². The van der Waals surface area contributed by atoms with Crippen molar-refractivity contribution in [1.29, 1.82) is 0 Å². The molecule has 3 heteroatoms. The molecule has 2 N–H and O–H groups in total. The van der Waals surface area contributed by atoms with Crippen LogP contribution in [-0.2, 0) is 10.2 Å². The largest absolute Gasteiger partial charge is 0.491 e. The molecule has 0 spiro atoms. The Hall–Kier alpha value is -1.06. The maximum Gasteiger partial charge on any atom is 0.119 e. The SMILES string of the molecule is CC(C)Oc1ccc(C2(C(C)(C)N)COC2)cc1. The van der Waals surface area contributed by atoms with Gasteiger partial charge in [-0.3, -0.25) is 0 Å². The van der Waals surface area contributed by atoms with Gasteiger partial charge in [-0.05, 0) is 45.4 Å². The molecule has 0 aliphatic carbocycles.